The monoisotopic (exact) mass is 436 g/mol. The molecule has 0 saturated heterocycles. The summed E-state index contributed by atoms with van der Waals surface area (Å²) in [6.07, 6.45) is -5.19. The van der Waals surface area contributed by atoms with Gasteiger partial charge in [-0.05, 0) is 44.2 Å². The second-order valence-corrected chi connectivity index (χ2v) is 8.23. The van der Waals surface area contributed by atoms with Gasteiger partial charge in [0.25, 0.3) is 15.9 Å². The summed E-state index contributed by atoms with van der Waals surface area (Å²) in [5, 5.41) is 11.0. The van der Waals surface area contributed by atoms with Crippen LogP contribution in [-0.2, 0) is 14.8 Å². The first kappa shape index (κ1) is 22.0. The van der Waals surface area contributed by atoms with E-state index in [1.54, 1.807) is 19.1 Å². The molecular weight excluding hydrogens is 421 g/mol. The number of carbonyl (C=O) groups is 1. The van der Waals surface area contributed by atoms with E-state index in [1.807, 2.05) is 5.32 Å². The third-order valence-electron chi connectivity index (χ3n) is 3.79. The van der Waals surface area contributed by atoms with Crippen LogP contribution in [0.5, 0.6) is 0 Å². The van der Waals surface area contributed by atoms with Gasteiger partial charge in [0.15, 0.2) is 0 Å². The molecule has 0 bridgehead atoms. The number of amides is 1. The fourth-order valence-corrected chi connectivity index (χ4v) is 3.26. The van der Waals surface area contributed by atoms with E-state index in [0.717, 1.165) is 17.7 Å². The molecule has 0 saturated carbocycles. The van der Waals surface area contributed by atoms with Crippen LogP contribution < -0.4 is 10.0 Å². The van der Waals surface area contributed by atoms with Gasteiger partial charge in [-0.1, -0.05) is 29.3 Å². The van der Waals surface area contributed by atoms with Crippen LogP contribution in [0.4, 0.5) is 24.5 Å². The molecule has 2 rings (SSSR count). The second kappa shape index (κ2) is 7.61. The highest BCUT2D eigenvalue weighted by molar-refractivity contribution is 7.92. The van der Waals surface area contributed by atoms with Gasteiger partial charge in [0.1, 0.15) is 0 Å². The van der Waals surface area contributed by atoms with Gasteiger partial charge in [0.2, 0.25) is 5.60 Å². The maximum atomic E-state index is 12.7. The van der Waals surface area contributed by atoms with Crippen molar-refractivity contribution < 1.29 is 31.5 Å². The normalized spacial score (nSPS) is 14.2. The molecule has 0 aliphatic rings. The van der Waals surface area contributed by atoms with E-state index in [0.29, 0.717) is 6.92 Å². The number of rotatable bonds is 5. The number of hydrogen-bond donors (Lipinski definition) is 3. The van der Waals surface area contributed by atoms with Crippen molar-refractivity contribution in [3.05, 3.63) is 53.1 Å². The van der Waals surface area contributed by atoms with E-state index >= 15 is 0 Å². The molecule has 0 heterocycles. The second-order valence-electron chi connectivity index (χ2n) is 6.14. The summed E-state index contributed by atoms with van der Waals surface area (Å²) in [5.41, 5.74) is -2.94. The molecule has 11 heteroatoms. The van der Waals surface area contributed by atoms with Gasteiger partial charge >= 0.3 is 6.18 Å². The zero-order valence-electron chi connectivity index (χ0n) is 14.6. The summed E-state index contributed by atoms with van der Waals surface area (Å²) in [6.45, 7) is 2.10. The number of sulfonamides is 1. The molecule has 0 spiro atoms. The molecule has 0 aromatic heterocycles. The van der Waals surface area contributed by atoms with Crippen LogP contribution in [0.3, 0.4) is 0 Å². The van der Waals surface area contributed by atoms with Crippen molar-refractivity contribution in [1.82, 2.24) is 0 Å². The molecule has 6 nitrogen and oxygen atoms in total. The minimum atomic E-state index is -5.19. The van der Waals surface area contributed by atoms with Crippen molar-refractivity contribution >= 4 is 38.9 Å². The molecule has 3 N–H and O–H groups in total. The van der Waals surface area contributed by atoms with E-state index in [1.165, 1.54) is 18.2 Å². The van der Waals surface area contributed by atoms with E-state index in [4.69, 9.17) is 11.6 Å². The molecular formula is C17H16ClF3N2O4S. The maximum Gasteiger partial charge on any atom is 0.426 e. The molecule has 0 radical (unpaired) electrons. The lowest BCUT2D eigenvalue weighted by Gasteiger charge is -2.25. The Hall–Kier alpha value is -2.30. The van der Waals surface area contributed by atoms with Gasteiger partial charge in [-0.2, -0.15) is 13.2 Å². The van der Waals surface area contributed by atoms with Crippen LogP contribution in [0.1, 0.15) is 12.5 Å². The van der Waals surface area contributed by atoms with Crippen LogP contribution in [0.25, 0.3) is 0 Å². The fourth-order valence-electron chi connectivity index (χ4n) is 1.98. The lowest BCUT2D eigenvalue weighted by atomic mass is 10.1. The Labute approximate surface area is 164 Å². The zero-order valence-corrected chi connectivity index (χ0v) is 16.2. The summed E-state index contributed by atoms with van der Waals surface area (Å²) < 4.78 is 65.1. The summed E-state index contributed by atoms with van der Waals surface area (Å²) in [7, 11) is -3.91. The van der Waals surface area contributed by atoms with Crippen LogP contribution in [0.2, 0.25) is 5.02 Å². The van der Waals surface area contributed by atoms with E-state index < -0.39 is 27.7 Å². The van der Waals surface area contributed by atoms with E-state index in [2.05, 4.69) is 4.72 Å². The first-order chi connectivity index (χ1) is 12.7. The molecule has 28 heavy (non-hydrogen) atoms. The third-order valence-corrected chi connectivity index (χ3v) is 5.50. The van der Waals surface area contributed by atoms with Crippen LogP contribution in [-0.4, -0.2) is 31.2 Å². The summed E-state index contributed by atoms with van der Waals surface area (Å²) in [4.78, 5) is 11.7. The van der Waals surface area contributed by atoms with E-state index in [9.17, 15) is 31.5 Å². The molecule has 1 amide bonds. The van der Waals surface area contributed by atoms with Crippen molar-refractivity contribution in [2.45, 2.75) is 30.5 Å². The Morgan fingerprint density at radius 2 is 1.68 bits per heavy atom. The number of anilines is 2. The predicted octanol–water partition coefficient (Wildman–Crippen LogP) is 3.70. The maximum absolute atomic E-state index is 12.7. The summed E-state index contributed by atoms with van der Waals surface area (Å²) in [5.74, 6) is -1.73. The van der Waals surface area contributed by atoms with Crippen LogP contribution in [0.15, 0.2) is 47.4 Å². The molecule has 0 unspecified atom stereocenters. The highest BCUT2D eigenvalue weighted by Crippen LogP contribution is 2.33. The largest absolute Gasteiger partial charge is 0.426 e. The van der Waals surface area contributed by atoms with Crippen molar-refractivity contribution in [3.8, 4) is 0 Å². The van der Waals surface area contributed by atoms with Crippen molar-refractivity contribution in [2.75, 3.05) is 10.0 Å². The van der Waals surface area contributed by atoms with Crippen molar-refractivity contribution in [3.63, 3.8) is 0 Å². The Kier molecular flexibility index (Phi) is 5.98. The highest BCUT2D eigenvalue weighted by atomic mass is 35.5. The molecule has 0 fully saturated rings. The molecule has 1 atom stereocenters. The summed E-state index contributed by atoms with van der Waals surface area (Å²) >= 11 is 5.92. The minimum Gasteiger partial charge on any atom is -0.373 e. The lowest BCUT2D eigenvalue weighted by molar-refractivity contribution is -0.242. The van der Waals surface area contributed by atoms with Crippen molar-refractivity contribution in [2.24, 2.45) is 0 Å². The first-order valence-corrected chi connectivity index (χ1v) is 9.60. The zero-order chi connectivity index (χ0) is 21.3. The molecule has 2 aromatic carbocycles. The SMILES string of the molecule is Cc1ccc(S(=O)(=O)Nc2ccc(NC(=O)[C@@](C)(O)C(F)(F)F)c(Cl)c2)cc1. The van der Waals surface area contributed by atoms with Crippen LogP contribution in [0, 0.1) is 6.92 Å². The van der Waals surface area contributed by atoms with Crippen LogP contribution >= 0.6 is 11.6 Å². The highest BCUT2D eigenvalue weighted by Gasteiger charge is 2.55. The topological polar surface area (TPSA) is 95.5 Å². The van der Waals surface area contributed by atoms with Crippen molar-refractivity contribution in [1.29, 1.82) is 0 Å². The number of halogens is 4. The quantitative estimate of drug-likeness (QED) is 0.666. The number of alkyl halides is 3. The Balaban J connectivity index is 2.20. The average molecular weight is 437 g/mol. The average Bonchev–Trinajstić information content (AvgIpc) is 2.56. The molecule has 2 aromatic rings. The number of aliphatic hydroxyl groups is 1. The standard InChI is InChI=1S/C17H16ClF3N2O4S/c1-10-3-6-12(7-4-10)28(26,27)23-11-5-8-14(13(18)9-11)22-15(24)16(2,25)17(19,20)21/h3-9,23,25H,1-2H3,(H,22,24)/t16-/m1/s1. The fraction of sp³-hybridized carbons (Fsp3) is 0.235. The van der Waals surface area contributed by atoms with Gasteiger partial charge in [-0.15, -0.1) is 0 Å². The number of benzene rings is 2. The molecule has 152 valence electrons. The van der Waals surface area contributed by atoms with E-state index in [-0.39, 0.29) is 21.3 Å². The van der Waals surface area contributed by atoms with Gasteiger partial charge in [0, 0.05) is 0 Å². The smallest absolute Gasteiger partial charge is 0.373 e. The summed E-state index contributed by atoms with van der Waals surface area (Å²) in [6, 6.07) is 9.49. The third kappa shape index (κ3) is 4.75. The Morgan fingerprint density at radius 1 is 1.11 bits per heavy atom. The molecule has 0 aliphatic carbocycles. The molecule has 0 aliphatic heterocycles. The van der Waals surface area contributed by atoms with Gasteiger partial charge < -0.3 is 10.4 Å². The Bertz CT molecular complexity index is 990. The number of carbonyl (C=O) groups excluding carboxylic acids is 1. The predicted molar refractivity (Wildman–Crippen MR) is 98.7 cm³/mol. The van der Waals surface area contributed by atoms with Gasteiger partial charge in [-0.25, -0.2) is 8.42 Å². The number of nitrogens with one attached hydrogen (secondary N) is 2. The number of aryl methyl sites for hydroxylation is 1. The van der Waals surface area contributed by atoms with Gasteiger partial charge in [-0.3, -0.25) is 9.52 Å². The first-order valence-electron chi connectivity index (χ1n) is 7.73. The number of hydrogen-bond acceptors (Lipinski definition) is 4. The van der Waals surface area contributed by atoms with Gasteiger partial charge in [0.05, 0.1) is 21.3 Å². The minimum absolute atomic E-state index is 0.00725. The Morgan fingerprint density at radius 3 is 2.18 bits per heavy atom. The lowest BCUT2D eigenvalue weighted by Crippen LogP contribution is -2.52.